The maximum Gasteiger partial charge on any atom is 0.227 e. The van der Waals surface area contributed by atoms with Gasteiger partial charge in [0.25, 0.3) is 0 Å². The molecule has 0 radical (unpaired) electrons. The summed E-state index contributed by atoms with van der Waals surface area (Å²) < 4.78 is 5.49. The summed E-state index contributed by atoms with van der Waals surface area (Å²) in [5.41, 5.74) is 5.37. The van der Waals surface area contributed by atoms with Crippen LogP contribution >= 0.6 is 0 Å². The van der Waals surface area contributed by atoms with E-state index in [4.69, 9.17) is 10.5 Å². The summed E-state index contributed by atoms with van der Waals surface area (Å²) >= 11 is 0. The van der Waals surface area contributed by atoms with Gasteiger partial charge >= 0.3 is 0 Å². The summed E-state index contributed by atoms with van der Waals surface area (Å²) in [6.45, 7) is 8.06. The highest BCUT2D eigenvalue weighted by Gasteiger charge is 2.34. The van der Waals surface area contributed by atoms with E-state index in [1.165, 1.54) is 0 Å². The zero-order valence-electron chi connectivity index (χ0n) is 11.3. The van der Waals surface area contributed by atoms with Crippen LogP contribution in [-0.4, -0.2) is 31.7 Å². The van der Waals surface area contributed by atoms with Crippen molar-refractivity contribution in [3.05, 3.63) is 0 Å². The molecule has 1 heterocycles. The SMILES string of the molecule is CCC(CC)(CN)C(=O)NCC1CCOC1C. The molecule has 0 aromatic heterocycles. The molecule has 17 heavy (non-hydrogen) atoms. The summed E-state index contributed by atoms with van der Waals surface area (Å²) in [6.07, 6.45) is 2.88. The van der Waals surface area contributed by atoms with Gasteiger partial charge in [0.05, 0.1) is 11.5 Å². The molecule has 0 aliphatic carbocycles. The van der Waals surface area contributed by atoms with Crippen molar-refractivity contribution in [2.24, 2.45) is 17.1 Å². The van der Waals surface area contributed by atoms with E-state index in [-0.39, 0.29) is 17.4 Å². The Morgan fingerprint density at radius 2 is 2.12 bits per heavy atom. The second-order valence-electron chi connectivity index (χ2n) is 5.03. The third-order valence-electron chi connectivity index (χ3n) is 4.28. The van der Waals surface area contributed by atoms with Crippen LogP contribution in [0.2, 0.25) is 0 Å². The molecular formula is C13H26N2O2. The number of ether oxygens (including phenoxy) is 1. The molecule has 1 amide bonds. The molecule has 0 bridgehead atoms. The first-order chi connectivity index (χ1) is 8.09. The third kappa shape index (κ3) is 3.19. The smallest absolute Gasteiger partial charge is 0.227 e. The molecular weight excluding hydrogens is 216 g/mol. The maximum absolute atomic E-state index is 12.2. The van der Waals surface area contributed by atoms with Crippen LogP contribution in [0.25, 0.3) is 0 Å². The van der Waals surface area contributed by atoms with Gasteiger partial charge in [-0.15, -0.1) is 0 Å². The molecule has 1 fully saturated rings. The molecule has 0 aromatic rings. The second-order valence-corrected chi connectivity index (χ2v) is 5.03. The predicted molar refractivity (Wildman–Crippen MR) is 68.6 cm³/mol. The average Bonchev–Trinajstić information content (AvgIpc) is 2.75. The number of hydrogen-bond acceptors (Lipinski definition) is 3. The van der Waals surface area contributed by atoms with E-state index < -0.39 is 0 Å². The average molecular weight is 242 g/mol. The summed E-state index contributed by atoms with van der Waals surface area (Å²) in [7, 11) is 0. The third-order valence-corrected chi connectivity index (χ3v) is 4.28. The fourth-order valence-electron chi connectivity index (χ4n) is 2.41. The largest absolute Gasteiger partial charge is 0.378 e. The van der Waals surface area contributed by atoms with E-state index in [2.05, 4.69) is 12.2 Å². The van der Waals surface area contributed by atoms with Gasteiger partial charge in [-0.3, -0.25) is 4.79 Å². The van der Waals surface area contributed by atoms with E-state index in [0.29, 0.717) is 19.0 Å². The first-order valence-corrected chi connectivity index (χ1v) is 6.69. The Balaban J connectivity index is 2.47. The summed E-state index contributed by atoms with van der Waals surface area (Å²) in [6, 6.07) is 0. The zero-order chi connectivity index (χ0) is 12.9. The van der Waals surface area contributed by atoms with Gasteiger partial charge in [-0.1, -0.05) is 13.8 Å². The molecule has 3 N–H and O–H groups in total. The molecule has 0 aromatic carbocycles. The minimum atomic E-state index is -0.386. The van der Waals surface area contributed by atoms with E-state index in [1.54, 1.807) is 0 Å². The van der Waals surface area contributed by atoms with Crippen molar-refractivity contribution in [2.45, 2.75) is 46.1 Å². The number of rotatable bonds is 6. The van der Waals surface area contributed by atoms with Crippen LogP contribution in [0.3, 0.4) is 0 Å². The lowest BCUT2D eigenvalue weighted by molar-refractivity contribution is -0.131. The Hall–Kier alpha value is -0.610. The number of carbonyl (C=O) groups is 1. The van der Waals surface area contributed by atoms with Crippen LogP contribution in [0, 0.1) is 11.3 Å². The van der Waals surface area contributed by atoms with Crippen LogP contribution in [-0.2, 0) is 9.53 Å². The van der Waals surface area contributed by atoms with Crippen LogP contribution in [0.4, 0.5) is 0 Å². The molecule has 4 nitrogen and oxygen atoms in total. The number of amides is 1. The molecule has 0 spiro atoms. The van der Waals surface area contributed by atoms with Gasteiger partial charge in [0, 0.05) is 25.6 Å². The van der Waals surface area contributed by atoms with E-state index in [1.807, 2.05) is 13.8 Å². The molecule has 1 saturated heterocycles. The Kier molecular flexibility index (Phi) is 5.40. The lowest BCUT2D eigenvalue weighted by atomic mass is 9.81. The van der Waals surface area contributed by atoms with Gasteiger partial charge in [0.1, 0.15) is 0 Å². The molecule has 2 atom stereocenters. The van der Waals surface area contributed by atoms with Crippen LogP contribution in [0.1, 0.15) is 40.0 Å². The minimum Gasteiger partial charge on any atom is -0.378 e. The number of nitrogens with two attached hydrogens (primary N) is 1. The first kappa shape index (κ1) is 14.5. The van der Waals surface area contributed by atoms with Crippen LogP contribution < -0.4 is 11.1 Å². The van der Waals surface area contributed by atoms with Crippen molar-refractivity contribution >= 4 is 5.91 Å². The van der Waals surface area contributed by atoms with E-state index >= 15 is 0 Å². The van der Waals surface area contributed by atoms with Crippen LogP contribution in [0.15, 0.2) is 0 Å². The van der Waals surface area contributed by atoms with Crippen molar-refractivity contribution in [3.63, 3.8) is 0 Å². The lowest BCUT2D eigenvalue weighted by Gasteiger charge is -2.29. The maximum atomic E-state index is 12.2. The summed E-state index contributed by atoms with van der Waals surface area (Å²) in [5, 5.41) is 3.05. The van der Waals surface area contributed by atoms with Gasteiger partial charge in [0.2, 0.25) is 5.91 Å². The molecule has 4 heteroatoms. The zero-order valence-corrected chi connectivity index (χ0v) is 11.3. The summed E-state index contributed by atoms with van der Waals surface area (Å²) in [5.74, 6) is 0.548. The van der Waals surface area contributed by atoms with Gasteiger partial charge in [0.15, 0.2) is 0 Å². The molecule has 0 saturated carbocycles. The van der Waals surface area contributed by atoms with E-state index in [9.17, 15) is 4.79 Å². The van der Waals surface area contributed by atoms with Crippen molar-refractivity contribution in [1.82, 2.24) is 5.32 Å². The topological polar surface area (TPSA) is 64.4 Å². The van der Waals surface area contributed by atoms with Crippen molar-refractivity contribution in [3.8, 4) is 0 Å². The second kappa shape index (κ2) is 6.36. The Bertz CT molecular complexity index is 244. The van der Waals surface area contributed by atoms with Crippen LogP contribution in [0.5, 0.6) is 0 Å². The number of hydrogen-bond donors (Lipinski definition) is 2. The summed E-state index contributed by atoms with van der Waals surface area (Å²) in [4.78, 5) is 12.2. The Labute approximate surface area is 104 Å². The van der Waals surface area contributed by atoms with E-state index in [0.717, 1.165) is 25.9 Å². The molecule has 1 rings (SSSR count). The monoisotopic (exact) mass is 242 g/mol. The standard InChI is InChI=1S/C13H26N2O2/c1-4-13(5-2,9-14)12(16)15-8-11-6-7-17-10(11)3/h10-11H,4-9,14H2,1-3H3,(H,15,16). The number of carbonyl (C=O) groups excluding carboxylic acids is 1. The van der Waals surface area contributed by atoms with Crippen molar-refractivity contribution in [1.29, 1.82) is 0 Å². The number of nitrogens with one attached hydrogen (secondary N) is 1. The fourth-order valence-corrected chi connectivity index (χ4v) is 2.41. The Morgan fingerprint density at radius 1 is 1.47 bits per heavy atom. The van der Waals surface area contributed by atoms with Gasteiger partial charge < -0.3 is 15.8 Å². The first-order valence-electron chi connectivity index (χ1n) is 6.69. The Morgan fingerprint density at radius 3 is 2.53 bits per heavy atom. The van der Waals surface area contributed by atoms with Crippen molar-refractivity contribution < 1.29 is 9.53 Å². The minimum absolute atomic E-state index is 0.101. The predicted octanol–water partition coefficient (Wildman–Crippen LogP) is 1.29. The van der Waals surface area contributed by atoms with Gasteiger partial charge in [-0.2, -0.15) is 0 Å². The molecule has 2 unspecified atom stereocenters. The van der Waals surface area contributed by atoms with Gasteiger partial charge in [-0.05, 0) is 26.2 Å². The molecule has 1 aliphatic heterocycles. The van der Waals surface area contributed by atoms with Crippen molar-refractivity contribution in [2.75, 3.05) is 19.7 Å². The quantitative estimate of drug-likeness (QED) is 0.737. The lowest BCUT2D eigenvalue weighted by Crippen LogP contribution is -2.47. The fraction of sp³-hybridized carbons (Fsp3) is 0.923. The molecule has 100 valence electrons. The molecule has 1 aliphatic rings. The normalized spacial score (nSPS) is 24.9. The highest BCUT2D eigenvalue weighted by molar-refractivity contribution is 5.82. The highest BCUT2D eigenvalue weighted by Crippen LogP contribution is 2.26. The highest BCUT2D eigenvalue weighted by atomic mass is 16.5. The van der Waals surface area contributed by atoms with Gasteiger partial charge in [-0.25, -0.2) is 0 Å².